The lowest BCUT2D eigenvalue weighted by atomic mass is 10.2. The number of aromatic nitrogens is 4. The minimum absolute atomic E-state index is 0.165. The van der Waals surface area contributed by atoms with Gasteiger partial charge in [0.2, 0.25) is 5.95 Å². The van der Waals surface area contributed by atoms with Crippen LogP contribution in [0.25, 0.3) is 5.82 Å². The molecule has 0 aliphatic rings. The number of nitrogens with one attached hydrogen (secondary N) is 1. The van der Waals surface area contributed by atoms with E-state index in [1.165, 1.54) is 0 Å². The summed E-state index contributed by atoms with van der Waals surface area (Å²) in [4.78, 5) is 8.30. The average molecular weight is 335 g/mol. The number of nitrogen functional groups attached to an aromatic ring is 1. The van der Waals surface area contributed by atoms with Crippen molar-refractivity contribution in [3.8, 4) is 5.82 Å². The highest BCUT2D eigenvalue weighted by Gasteiger charge is 2.06. The first kappa shape index (κ1) is 14.6. The quantitative estimate of drug-likeness (QED) is 0.765. The molecule has 6 nitrogen and oxygen atoms in total. The Morgan fingerprint density at radius 1 is 1.18 bits per heavy atom. The van der Waals surface area contributed by atoms with Gasteiger partial charge in [0.25, 0.3) is 0 Å². The topological polar surface area (TPSA) is 81.6 Å². The van der Waals surface area contributed by atoms with Gasteiger partial charge in [-0.05, 0) is 23.8 Å². The number of nitrogens with zero attached hydrogens (tertiary/aromatic N) is 4. The first-order valence-electron chi connectivity index (χ1n) is 6.44. The minimum Gasteiger partial charge on any atom is -0.368 e. The van der Waals surface area contributed by atoms with Crippen molar-refractivity contribution in [2.45, 2.75) is 6.54 Å². The predicted octanol–water partition coefficient (Wildman–Crippen LogP) is 3.16. The summed E-state index contributed by atoms with van der Waals surface area (Å²) < 4.78 is 1.61. The Morgan fingerprint density at radius 3 is 2.77 bits per heavy atom. The van der Waals surface area contributed by atoms with Crippen molar-refractivity contribution in [1.29, 1.82) is 0 Å². The molecular formula is C14H12Cl2N6. The average Bonchev–Trinajstić information content (AvgIpc) is 3.00. The van der Waals surface area contributed by atoms with E-state index in [4.69, 9.17) is 28.9 Å². The van der Waals surface area contributed by atoms with Gasteiger partial charge in [0, 0.05) is 35.1 Å². The van der Waals surface area contributed by atoms with Crippen LogP contribution in [0.3, 0.4) is 0 Å². The van der Waals surface area contributed by atoms with Crippen LogP contribution in [0.4, 0.5) is 11.8 Å². The van der Waals surface area contributed by atoms with E-state index in [2.05, 4.69) is 20.4 Å². The molecule has 0 aliphatic heterocycles. The zero-order chi connectivity index (χ0) is 15.5. The fourth-order valence-corrected chi connectivity index (χ4v) is 2.39. The van der Waals surface area contributed by atoms with Crippen molar-refractivity contribution in [3.05, 3.63) is 58.3 Å². The molecule has 3 N–H and O–H groups in total. The molecule has 0 saturated heterocycles. The second-order valence-electron chi connectivity index (χ2n) is 4.51. The van der Waals surface area contributed by atoms with Gasteiger partial charge in [0.05, 0.1) is 0 Å². The van der Waals surface area contributed by atoms with Crippen LogP contribution in [-0.2, 0) is 6.54 Å². The van der Waals surface area contributed by atoms with Crippen LogP contribution in [-0.4, -0.2) is 19.7 Å². The van der Waals surface area contributed by atoms with Crippen molar-refractivity contribution >= 4 is 35.0 Å². The standard InChI is InChI=1S/C14H12Cl2N6/c15-10-3-2-9(11(16)6-10)8-18-12-7-13(21-14(17)20-12)22-5-1-4-19-22/h1-7H,8H2,(H3,17,18,20,21). The van der Waals surface area contributed by atoms with Gasteiger partial charge in [-0.25, -0.2) is 4.68 Å². The second-order valence-corrected chi connectivity index (χ2v) is 5.35. The Bertz CT molecular complexity index is 788. The summed E-state index contributed by atoms with van der Waals surface area (Å²) in [7, 11) is 0. The van der Waals surface area contributed by atoms with Crippen LogP contribution < -0.4 is 11.1 Å². The van der Waals surface area contributed by atoms with Gasteiger partial charge < -0.3 is 11.1 Å². The van der Waals surface area contributed by atoms with E-state index in [1.807, 2.05) is 6.07 Å². The van der Waals surface area contributed by atoms with Crippen LogP contribution >= 0.6 is 23.2 Å². The number of hydrogen-bond donors (Lipinski definition) is 2. The van der Waals surface area contributed by atoms with Crippen LogP contribution in [0.15, 0.2) is 42.7 Å². The maximum atomic E-state index is 6.14. The van der Waals surface area contributed by atoms with Crippen LogP contribution in [0.2, 0.25) is 10.0 Å². The Hall–Kier alpha value is -2.31. The largest absolute Gasteiger partial charge is 0.368 e. The van der Waals surface area contributed by atoms with Crippen LogP contribution in [0.1, 0.15) is 5.56 Å². The van der Waals surface area contributed by atoms with Crippen molar-refractivity contribution in [2.75, 3.05) is 11.1 Å². The molecule has 0 fully saturated rings. The molecule has 0 atom stereocenters. The van der Waals surface area contributed by atoms with E-state index >= 15 is 0 Å². The summed E-state index contributed by atoms with van der Waals surface area (Å²) in [6.45, 7) is 0.491. The first-order chi connectivity index (χ1) is 10.6. The fourth-order valence-electron chi connectivity index (χ4n) is 1.92. The van der Waals surface area contributed by atoms with Crippen molar-refractivity contribution < 1.29 is 0 Å². The predicted molar refractivity (Wildman–Crippen MR) is 87.4 cm³/mol. The molecule has 0 radical (unpaired) electrons. The van der Waals surface area contributed by atoms with Gasteiger partial charge in [-0.3, -0.25) is 0 Å². The Labute approximate surface area is 136 Å². The highest BCUT2D eigenvalue weighted by molar-refractivity contribution is 6.35. The summed E-state index contributed by atoms with van der Waals surface area (Å²) >= 11 is 12.0. The highest BCUT2D eigenvalue weighted by Crippen LogP contribution is 2.22. The first-order valence-corrected chi connectivity index (χ1v) is 7.20. The van der Waals surface area contributed by atoms with E-state index in [-0.39, 0.29) is 5.95 Å². The minimum atomic E-state index is 0.165. The van der Waals surface area contributed by atoms with E-state index in [9.17, 15) is 0 Å². The summed E-state index contributed by atoms with van der Waals surface area (Å²) in [5.74, 6) is 1.34. The molecule has 8 heteroatoms. The summed E-state index contributed by atoms with van der Waals surface area (Å²) in [6.07, 6.45) is 3.44. The number of anilines is 2. The van der Waals surface area contributed by atoms with E-state index in [0.717, 1.165) is 5.56 Å². The Balaban J connectivity index is 1.80. The van der Waals surface area contributed by atoms with Gasteiger partial charge in [0.15, 0.2) is 5.82 Å². The molecule has 22 heavy (non-hydrogen) atoms. The molecule has 3 aromatic rings. The monoisotopic (exact) mass is 334 g/mol. The van der Waals surface area contributed by atoms with Gasteiger partial charge in [-0.15, -0.1) is 0 Å². The normalized spacial score (nSPS) is 10.6. The molecule has 0 spiro atoms. The third-order valence-electron chi connectivity index (χ3n) is 2.94. The third kappa shape index (κ3) is 3.29. The Morgan fingerprint density at radius 2 is 2.05 bits per heavy atom. The molecule has 2 heterocycles. The third-order valence-corrected chi connectivity index (χ3v) is 3.53. The fraction of sp³-hybridized carbons (Fsp3) is 0.0714. The smallest absolute Gasteiger partial charge is 0.224 e. The SMILES string of the molecule is Nc1nc(NCc2ccc(Cl)cc2Cl)cc(-n2cccn2)n1. The molecule has 112 valence electrons. The maximum absolute atomic E-state index is 6.14. The van der Waals surface area contributed by atoms with Crippen molar-refractivity contribution in [1.82, 2.24) is 19.7 Å². The van der Waals surface area contributed by atoms with Gasteiger partial charge in [0.1, 0.15) is 5.82 Å². The zero-order valence-electron chi connectivity index (χ0n) is 11.4. The van der Waals surface area contributed by atoms with E-state index in [1.54, 1.807) is 41.3 Å². The summed E-state index contributed by atoms with van der Waals surface area (Å²) in [5.41, 5.74) is 6.64. The molecule has 0 aliphatic carbocycles. The number of halogens is 2. The highest BCUT2D eigenvalue weighted by atomic mass is 35.5. The summed E-state index contributed by atoms with van der Waals surface area (Å²) in [6, 6.07) is 8.90. The lowest BCUT2D eigenvalue weighted by Gasteiger charge is -2.09. The van der Waals surface area contributed by atoms with Crippen molar-refractivity contribution in [2.24, 2.45) is 0 Å². The zero-order valence-corrected chi connectivity index (χ0v) is 12.9. The van der Waals surface area contributed by atoms with Gasteiger partial charge in [-0.2, -0.15) is 15.1 Å². The van der Waals surface area contributed by atoms with Crippen LogP contribution in [0, 0.1) is 0 Å². The molecule has 0 unspecified atom stereocenters. The lowest BCUT2D eigenvalue weighted by Crippen LogP contribution is -2.08. The summed E-state index contributed by atoms with van der Waals surface area (Å²) in [5, 5.41) is 8.47. The van der Waals surface area contributed by atoms with Crippen molar-refractivity contribution in [3.63, 3.8) is 0 Å². The van der Waals surface area contributed by atoms with Crippen LogP contribution in [0.5, 0.6) is 0 Å². The molecule has 0 saturated carbocycles. The lowest BCUT2D eigenvalue weighted by molar-refractivity contribution is 0.842. The number of benzene rings is 1. The second kappa shape index (κ2) is 6.21. The molecule has 1 aromatic carbocycles. The molecular weight excluding hydrogens is 323 g/mol. The molecule has 3 rings (SSSR count). The van der Waals surface area contributed by atoms with Gasteiger partial charge in [-0.1, -0.05) is 29.3 Å². The molecule has 2 aromatic heterocycles. The van der Waals surface area contributed by atoms with E-state index < -0.39 is 0 Å². The molecule has 0 bridgehead atoms. The molecule has 0 amide bonds. The Kier molecular flexibility index (Phi) is 4.13. The van der Waals surface area contributed by atoms with Gasteiger partial charge >= 0.3 is 0 Å². The number of rotatable bonds is 4. The number of hydrogen-bond acceptors (Lipinski definition) is 5. The van der Waals surface area contributed by atoms with E-state index in [0.29, 0.717) is 28.2 Å². The maximum Gasteiger partial charge on any atom is 0.224 e. The number of nitrogens with two attached hydrogens (primary N) is 1.